The van der Waals surface area contributed by atoms with Gasteiger partial charge in [0.05, 0.1) is 0 Å². The smallest absolute Gasteiger partial charge is 0.422 e. The van der Waals surface area contributed by atoms with E-state index in [0.29, 0.717) is 24.6 Å². The Hall–Kier alpha value is -3.15. The number of H-pyrrole nitrogens is 1. The molecule has 1 aromatic carbocycles. The molecule has 0 unspecified atom stereocenters. The molecule has 3 heterocycles. The second-order valence-corrected chi connectivity index (χ2v) is 7.94. The molecule has 164 valence electrons. The molecule has 2 aromatic heterocycles. The zero-order valence-electron chi connectivity index (χ0n) is 16.1. The molecule has 1 atom stereocenters. The third kappa shape index (κ3) is 4.95. The van der Waals surface area contributed by atoms with Crippen molar-refractivity contribution in [3.05, 3.63) is 46.2 Å². The Labute approximate surface area is 178 Å². The van der Waals surface area contributed by atoms with Crippen LogP contribution in [0.15, 0.2) is 35.1 Å². The normalized spacial score (nSPS) is 16.6. The van der Waals surface area contributed by atoms with Crippen LogP contribution >= 0.6 is 11.3 Å². The highest BCUT2D eigenvalue weighted by Gasteiger charge is 2.33. The molecule has 0 aliphatic carbocycles. The molecular weight excluding hydrogens is 435 g/mol. The van der Waals surface area contributed by atoms with E-state index in [4.69, 9.17) is 0 Å². The van der Waals surface area contributed by atoms with Gasteiger partial charge in [-0.3, -0.25) is 14.6 Å². The summed E-state index contributed by atoms with van der Waals surface area (Å²) in [6.07, 6.45) is -3.16. The van der Waals surface area contributed by atoms with Crippen LogP contribution in [0.3, 0.4) is 0 Å². The number of ether oxygens (including phenoxy) is 1. The molecule has 0 radical (unpaired) electrons. The van der Waals surface area contributed by atoms with Gasteiger partial charge in [0, 0.05) is 13.1 Å². The third-order valence-electron chi connectivity index (χ3n) is 4.72. The van der Waals surface area contributed by atoms with Crippen LogP contribution < -0.4 is 20.5 Å². The van der Waals surface area contributed by atoms with E-state index in [-0.39, 0.29) is 16.3 Å². The molecule has 1 saturated heterocycles. The van der Waals surface area contributed by atoms with E-state index in [1.54, 1.807) is 4.90 Å². The minimum absolute atomic E-state index is 0.00491. The number of halogens is 3. The first kappa shape index (κ1) is 21.1. The Morgan fingerprint density at radius 3 is 2.81 bits per heavy atom. The number of carbonyl (C=O) groups is 1. The molecule has 0 saturated carbocycles. The number of aromatic amines is 1. The third-order valence-corrected chi connectivity index (χ3v) is 5.71. The van der Waals surface area contributed by atoms with Crippen molar-refractivity contribution >= 4 is 32.7 Å². The number of amides is 1. The molecule has 3 aromatic rings. The molecule has 12 heteroatoms. The zero-order valence-corrected chi connectivity index (χ0v) is 16.9. The molecule has 4 rings (SSSR count). The van der Waals surface area contributed by atoms with Crippen molar-refractivity contribution in [2.75, 3.05) is 18.1 Å². The van der Waals surface area contributed by atoms with Gasteiger partial charge in [0.1, 0.15) is 6.04 Å². The Bertz CT molecular complexity index is 1130. The standard InChI is InChI=1S/C19H18F3N5O3S/c20-19(21,22)10-30-17-25-15(29)13-16(26-17)31-18(24-13)27-8-4-7-12(27)14(28)23-9-11-5-2-1-3-6-11/h1-3,5-6,12H,4,7-10H2,(H,23,28)(H,25,26,29)/t12-/m1/s1. The van der Waals surface area contributed by atoms with Crippen molar-refractivity contribution in [1.82, 2.24) is 20.3 Å². The van der Waals surface area contributed by atoms with Crippen LogP contribution in [0.25, 0.3) is 10.3 Å². The highest BCUT2D eigenvalue weighted by molar-refractivity contribution is 7.21. The molecule has 1 aliphatic heterocycles. The van der Waals surface area contributed by atoms with Gasteiger partial charge in [0.15, 0.2) is 22.1 Å². The van der Waals surface area contributed by atoms with Gasteiger partial charge in [-0.2, -0.15) is 18.2 Å². The minimum Gasteiger partial charge on any atom is -0.455 e. The van der Waals surface area contributed by atoms with Crippen LogP contribution in [0.5, 0.6) is 6.01 Å². The average molecular weight is 453 g/mol. The fourth-order valence-electron chi connectivity index (χ4n) is 3.31. The van der Waals surface area contributed by atoms with Crippen molar-refractivity contribution in [2.45, 2.75) is 31.6 Å². The number of aromatic nitrogens is 3. The Morgan fingerprint density at radius 1 is 1.29 bits per heavy atom. The molecule has 0 bridgehead atoms. The number of alkyl halides is 3. The number of rotatable bonds is 6. The van der Waals surface area contributed by atoms with Gasteiger partial charge in [0.2, 0.25) is 5.91 Å². The Morgan fingerprint density at radius 2 is 2.06 bits per heavy atom. The van der Waals surface area contributed by atoms with Crippen molar-refractivity contribution in [3.8, 4) is 6.01 Å². The predicted octanol–water partition coefficient (Wildman–Crippen LogP) is 2.61. The fourth-order valence-corrected chi connectivity index (χ4v) is 4.32. The van der Waals surface area contributed by atoms with E-state index in [9.17, 15) is 22.8 Å². The van der Waals surface area contributed by atoms with E-state index < -0.39 is 30.4 Å². The van der Waals surface area contributed by atoms with E-state index in [2.05, 4.69) is 25.0 Å². The number of nitrogens with one attached hydrogen (secondary N) is 2. The van der Waals surface area contributed by atoms with Crippen molar-refractivity contribution in [1.29, 1.82) is 0 Å². The van der Waals surface area contributed by atoms with Gasteiger partial charge < -0.3 is 15.0 Å². The molecule has 1 amide bonds. The maximum Gasteiger partial charge on any atom is 0.422 e. The van der Waals surface area contributed by atoms with E-state index >= 15 is 0 Å². The molecule has 1 aliphatic rings. The first-order chi connectivity index (χ1) is 14.8. The number of carbonyl (C=O) groups excluding carboxylic acids is 1. The summed E-state index contributed by atoms with van der Waals surface area (Å²) >= 11 is 1.03. The van der Waals surface area contributed by atoms with Gasteiger partial charge in [-0.25, -0.2) is 4.98 Å². The van der Waals surface area contributed by atoms with Crippen molar-refractivity contribution in [3.63, 3.8) is 0 Å². The number of fused-ring (bicyclic) bond motifs is 1. The van der Waals surface area contributed by atoms with Crippen LogP contribution in [0.2, 0.25) is 0 Å². The Balaban J connectivity index is 1.51. The second-order valence-electron chi connectivity index (χ2n) is 6.98. The lowest BCUT2D eigenvalue weighted by atomic mass is 10.2. The molecule has 31 heavy (non-hydrogen) atoms. The van der Waals surface area contributed by atoms with E-state index in [0.717, 1.165) is 23.3 Å². The molecule has 2 N–H and O–H groups in total. The van der Waals surface area contributed by atoms with E-state index in [1.807, 2.05) is 30.3 Å². The van der Waals surface area contributed by atoms with Crippen LogP contribution in [0.1, 0.15) is 18.4 Å². The number of anilines is 1. The topological polar surface area (TPSA) is 100 Å². The predicted molar refractivity (Wildman–Crippen MR) is 108 cm³/mol. The summed E-state index contributed by atoms with van der Waals surface area (Å²) in [7, 11) is 0. The number of nitrogens with zero attached hydrogens (tertiary/aromatic N) is 3. The van der Waals surface area contributed by atoms with Crippen LogP contribution in [-0.2, 0) is 11.3 Å². The second kappa shape index (κ2) is 8.53. The molecule has 0 spiro atoms. The number of benzene rings is 1. The van der Waals surface area contributed by atoms with Crippen LogP contribution in [0, 0.1) is 0 Å². The Kier molecular flexibility index (Phi) is 5.81. The first-order valence-electron chi connectivity index (χ1n) is 9.49. The summed E-state index contributed by atoms with van der Waals surface area (Å²) in [6.45, 7) is -0.605. The van der Waals surface area contributed by atoms with E-state index in [1.165, 1.54) is 0 Å². The lowest BCUT2D eigenvalue weighted by Gasteiger charge is -2.23. The maximum absolute atomic E-state index is 12.7. The summed E-state index contributed by atoms with van der Waals surface area (Å²) in [5.74, 6) is -0.156. The van der Waals surface area contributed by atoms with Crippen LogP contribution in [0.4, 0.5) is 18.3 Å². The minimum atomic E-state index is -4.55. The number of hydrogen-bond donors (Lipinski definition) is 2. The van der Waals surface area contributed by atoms with Gasteiger partial charge in [-0.05, 0) is 18.4 Å². The highest BCUT2D eigenvalue weighted by Crippen LogP contribution is 2.32. The highest BCUT2D eigenvalue weighted by atomic mass is 32.1. The quantitative estimate of drug-likeness (QED) is 0.595. The lowest BCUT2D eigenvalue weighted by molar-refractivity contribution is -0.154. The van der Waals surface area contributed by atoms with Gasteiger partial charge >= 0.3 is 6.18 Å². The largest absolute Gasteiger partial charge is 0.455 e. The van der Waals surface area contributed by atoms with Gasteiger partial charge in [-0.15, -0.1) is 0 Å². The molecule has 1 fully saturated rings. The number of hydrogen-bond acceptors (Lipinski definition) is 7. The first-order valence-corrected chi connectivity index (χ1v) is 10.3. The van der Waals surface area contributed by atoms with Crippen LogP contribution in [-0.4, -0.2) is 46.2 Å². The average Bonchev–Trinajstić information content (AvgIpc) is 3.38. The zero-order chi connectivity index (χ0) is 22.0. The van der Waals surface area contributed by atoms with Crippen molar-refractivity contribution < 1.29 is 22.7 Å². The molecular formula is C19H18F3N5O3S. The summed E-state index contributed by atoms with van der Waals surface area (Å²) < 4.78 is 41.6. The van der Waals surface area contributed by atoms with Gasteiger partial charge in [0.25, 0.3) is 11.6 Å². The summed E-state index contributed by atoms with van der Waals surface area (Å²) in [5, 5.41) is 3.33. The van der Waals surface area contributed by atoms with Crippen molar-refractivity contribution in [2.24, 2.45) is 0 Å². The fraction of sp³-hybridized carbons (Fsp3) is 0.368. The molecule has 8 nitrogen and oxygen atoms in total. The summed E-state index contributed by atoms with van der Waals surface area (Å²) in [6, 6.07) is 8.52. The summed E-state index contributed by atoms with van der Waals surface area (Å²) in [5.41, 5.74) is 0.270. The maximum atomic E-state index is 12.7. The SMILES string of the molecule is O=C(NCc1ccccc1)[C@H]1CCCN1c1nc2c(=O)[nH]c(OCC(F)(F)F)nc2s1. The summed E-state index contributed by atoms with van der Waals surface area (Å²) in [4.78, 5) is 37.2. The lowest BCUT2D eigenvalue weighted by Crippen LogP contribution is -2.43. The number of thiazole rings is 1. The van der Waals surface area contributed by atoms with Gasteiger partial charge in [-0.1, -0.05) is 41.7 Å². The monoisotopic (exact) mass is 453 g/mol.